The van der Waals surface area contributed by atoms with E-state index in [0.717, 1.165) is 0 Å². The molecule has 0 N–H and O–H groups in total. The van der Waals surface area contributed by atoms with Crippen LogP contribution in [-0.2, 0) is 0 Å². The third-order valence-electron chi connectivity index (χ3n) is 8.34. The molecule has 0 aliphatic rings. The van der Waals surface area contributed by atoms with Crippen LogP contribution < -0.4 is 0 Å². The van der Waals surface area contributed by atoms with Crippen LogP contribution in [0.1, 0.15) is 16.4 Å². The fraction of sp³-hybridized carbons (Fsp3) is 0. The number of benzene rings is 6. The Labute approximate surface area is 307 Å². The number of hydrogen-bond acceptors (Lipinski definition) is 6. The maximum Gasteiger partial charge on any atom is 0.201 e. The molecule has 6 nitrogen and oxygen atoms in total. The van der Waals surface area contributed by atoms with Crippen LogP contribution in [0.15, 0.2) is 158 Å². The summed E-state index contributed by atoms with van der Waals surface area (Å²) in [5.74, 6) is 0.568. The molecule has 0 aliphatic carbocycles. The van der Waals surface area contributed by atoms with E-state index in [1.54, 1.807) is 60.9 Å². The maximum absolute atomic E-state index is 9.05. The Morgan fingerprint density at radius 1 is 0.500 bits per heavy atom. The number of hydrogen-bond donors (Lipinski definition) is 0. The van der Waals surface area contributed by atoms with Crippen LogP contribution in [0.4, 0.5) is 0 Å². The normalized spacial score (nSPS) is 15.0. The van der Waals surface area contributed by atoms with Gasteiger partial charge in [0.25, 0.3) is 0 Å². The fourth-order valence-corrected chi connectivity index (χ4v) is 7.28. The highest BCUT2D eigenvalue weighted by Crippen LogP contribution is 2.41. The molecule has 4 heterocycles. The maximum atomic E-state index is 9.05. The van der Waals surface area contributed by atoms with E-state index in [1.807, 2.05) is 12.1 Å². The molecule has 4 aromatic heterocycles. The van der Waals surface area contributed by atoms with E-state index < -0.39 is 24.2 Å². The molecule has 7 heteroatoms. The lowest BCUT2D eigenvalue weighted by Gasteiger charge is -2.14. The fourth-order valence-electron chi connectivity index (χ4n) is 6.16. The molecule has 0 aliphatic heterocycles. The first-order chi connectivity index (χ1) is 29.7. The van der Waals surface area contributed by atoms with Crippen molar-refractivity contribution in [2.75, 3.05) is 0 Å². The largest absolute Gasteiger partial charge is 0.309 e. The van der Waals surface area contributed by atoms with E-state index in [4.69, 9.17) is 31.4 Å². The molecule has 0 amide bonds. The minimum Gasteiger partial charge on any atom is -0.309 e. The molecule has 10 rings (SSSR count). The summed E-state index contributed by atoms with van der Waals surface area (Å²) in [7, 11) is 0. The van der Waals surface area contributed by atoms with Crippen molar-refractivity contribution < 1.29 is 16.4 Å². The molecule has 0 saturated heterocycles. The summed E-state index contributed by atoms with van der Waals surface area (Å²) in [5, 5.41) is 0.656. The van der Waals surface area contributed by atoms with Gasteiger partial charge in [-0.15, -0.1) is 11.3 Å². The van der Waals surface area contributed by atoms with Gasteiger partial charge in [0, 0.05) is 54.5 Å². The van der Waals surface area contributed by atoms with Crippen LogP contribution in [0.25, 0.3) is 93.2 Å². The molecule has 0 unspecified atom stereocenters. The van der Waals surface area contributed by atoms with Crippen LogP contribution in [0.3, 0.4) is 0 Å². The zero-order valence-corrected chi connectivity index (χ0v) is 26.5. The summed E-state index contributed by atoms with van der Waals surface area (Å²) in [4.78, 5) is 23.4. The van der Waals surface area contributed by atoms with Crippen molar-refractivity contribution in [2.24, 2.45) is 0 Å². The molecule has 10 aromatic rings. The van der Waals surface area contributed by atoms with Crippen LogP contribution in [0.2, 0.25) is 0 Å². The van der Waals surface area contributed by atoms with Gasteiger partial charge in [0.15, 0.2) is 17.5 Å². The number of aromatic nitrogens is 6. The highest BCUT2D eigenvalue weighted by molar-refractivity contribution is 7.26. The van der Waals surface area contributed by atoms with Gasteiger partial charge in [-0.25, -0.2) is 24.9 Å². The summed E-state index contributed by atoms with van der Waals surface area (Å²) in [6.45, 7) is 0. The second-order valence-electron chi connectivity index (χ2n) is 11.2. The van der Waals surface area contributed by atoms with Crippen molar-refractivity contribution >= 4 is 53.3 Å². The molecular weight excluding hydrogens is 633 g/mol. The Bertz CT molecular complexity index is 3580. The van der Waals surface area contributed by atoms with Gasteiger partial charge in [0.05, 0.1) is 33.2 Å². The van der Waals surface area contributed by atoms with Crippen molar-refractivity contribution in [1.29, 1.82) is 0 Å². The molecular formula is C43H26N6S. The van der Waals surface area contributed by atoms with Gasteiger partial charge in [-0.3, -0.25) is 0 Å². The molecule has 234 valence electrons. The van der Waals surface area contributed by atoms with E-state index in [2.05, 4.69) is 9.97 Å². The van der Waals surface area contributed by atoms with Crippen molar-refractivity contribution in [2.45, 2.75) is 0 Å². The number of rotatable bonds is 5. The third kappa shape index (κ3) is 4.59. The molecule has 0 atom stereocenters. The van der Waals surface area contributed by atoms with Crippen LogP contribution in [0.5, 0.6) is 0 Å². The molecule has 50 heavy (non-hydrogen) atoms. The van der Waals surface area contributed by atoms with Crippen molar-refractivity contribution in [1.82, 2.24) is 29.5 Å². The first-order valence-corrected chi connectivity index (χ1v) is 16.2. The average Bonchev–Trinajstić information content (AvgIpc) is 3.87. The number of para-hydroxylation sites is 3. The van der Waals surface area contributed by atoms with Crippen LogP contribution >= 0.6 is 11.3 Å². The summed E-state index contributed by atoms with van der Waals surface area (Å²) in [6, 6.07) is 16.8. The Hall–Kier alpha value is -6.57. The highest BCUT2D eigenvalue weighted by atomic mass is 32.1. The summed E-state index contributed by atoms with van der Waals surface area (Å²) in [6.07, 6.45) is 3.08. The molecule has 6 aromatic carbocycles. The lowest BCUT2D eigenvalue weighted by atomic mass is 10.0. The number of nitrogens with zero attached hydrogens (tertiary/aromatic N) is 6. The third-order valence-corrected chi connectivity index (χ3v) is 9.49. The van der Waals surface area contributed by atoms with Gasteiger partial charge in [-0.2, -0.15) is 0 Å². The standard InChI is InChI=1S/C43H26N6S/c1-5-20-35-30(14-1)31-15-2-6-21-36(31)49(35)37-22-7-3-17-34(37)41-46-40(47-43(48-41)42-44-24-11-25-45-42)28-13-9-12-27(26-28)29-18-10-19-33-32-16-4-8-23-38(32)50-39(29)33/h1-26H/i1D,2D,4D,5D,10D,14D,15D,16D,19D,20D,21D,23D. The second-order valence-corrected chi connectivity index (χ2v) is 12.2. The molecule has 0 bridgehead atoms. The highest BCUT2D eigenvalue weighted by Gasteiger charge is 2.20. The van der Waals surface area contributed by atoms with Crippen molar-refractivity contribution in [3.05, 3.63) is 158 Å². The van der Waals surface area contributed by atoms with Gasteiger partial charge >= 0.3 is 0 Å². The van der Waals surface area contributed by atoms with Crippen LogP contribution in [0, 0.1) is 0 Å². The Morgan fingerprint density at radius 3 is 2.14 bits per heavy atom. The van der Waals surface area contributed by atoms with E-state index in [0.29, 0.717) is 48.1 Å². The van der Waals surface area contributed by atoms with Gasteiger partial charge in [-0.05, 0) is 53.5 Å². The van der Waals surface area contributed by atoms with Gasteiger partial charge < -0.3 is 4.57 Å². The minimum atomic E-state index is -0.514. The Kier molecular flexibility index (Phi) is 4.35. The Balaban J connectivity index is 1.23. The number of thiophene rings is 1. The van der Waals surface area contributed by atoms with E-state index in [1.165, 1.54) is 28.0 Å². The zero-order valence-electron chi connectivity index (χ0n) is 37.7. The van der Waals surface area contributed by atoms with Crippen molar-refractivity contribution in [3.63, 3.8) is 0 Å². The van der Waals surface area contributed by atoms with Gasteiger partial charge in [0.2, 0.25) is 5.82 Å². The first-order valence-electron chi connectivity index (χ1n) is 21.4. The molecule has 0 saturated carbocycles. The summed E-state index contributed by atoms with van der Waals surface area (Å²) < 4.78 is 107. The van der Waals surface area contributed by atoms with Gasteiger partial charge in [0.1, 0.15) is 0 Å². The van der Waals surface area contributed by atoms with Gasteiger partial charge in [-0.1, -0.05) is 103 Å². The Morgan fingerprint density at radius 2 is 1.22 bits per heavy atom. The van der Waals surface area contributed by atoms with E-state index in [-0.39, 0.29) is 93.4 Å². The first kappa shape index (κ1) is 18.8. The quantitative estimate of drug-likeness (QED) is 0.182. The van der Waals surface area contributed by atoms with E-state index >= 15 is 0 Å². The lowest BCUT2D eigenvalue weighted by Crippen LogP contribution is -2.04. The average molecular weight is 671 g/mol. The SMILES string of the molecule is [2H]c1cc([2H])c2sc3c(-c4cccc(-c5nc(-c6ncccn6)nc(-c6ccccc6-n6c7c([2H])cc([2H])c([2H])c7c7c([2H])c([2H])c([2H])c([2H])c76)n5)c4)cc([2H])c([2H])c3c2c1[2H]. The van der Waals surface area contributed by atoms with Crippen LogP contribution in [-0.4, -0.2) is 29.5 Å². The smallest absolute Gasteiger partial charge is 0.201 e. The minimum absolute atomic E-state index is 0.00000664. The summed E-state index contributed by atoms with van der Waals surface area (Å²) in [5.41, 5.74) is 2.49. The molecule has 0 spiro atoms. The molecule has 0 radical (unpaired) electrons. The second kappa shape index (κ2) is 11.5. The predicted molar refractivity (Wildman–Crippen MR) is 204 cm³/mol. The summed E-state index contributed by atoms with van der Waals surface area (Å²) >= 11 is 1.23. The zero-order chi connectivity index (χ0) is 43.5. The monoisotopic (exact) mass is 670 g/mol. The number of fused-ring (bicyclic) bond motifs is 6. The van der Waals surface area contributed by atoms with Crippen molar-refractivity contribution in [3.8, 4) is 51.2 Å². The lowest BCUT2D eigenvalue weighted by molar-refractivity contribution is 1.03. The predicted octanol–water partition coefficient (Wildman–Crippen LogP) is 10.8. The molecule has 0 fully saturated rings. The van der Waals surface area contributed by atoms with E-state index in [9.17, 15) is 0 Å². The topological polar surface area (TPSA) is 69.4 Å².